The zero-order valence-corrected chi connectivity index (χ0v) is 17.6. The van der Waals surface area contributed by atoms with E-state index in [9.17, 15) is 9.90 Å². The van der Waals surface area contributed by atoms with Crippen LogP contribution in [0, 0.1) is 5.92 Å². The molecule has 1 aromatic rings. The van der Waals surface area contributed by atoms with Crippen LogP contribution in [0.4, 0.5) is 0 Å². The number of hydrogen-bond acceptors (Lipinski definition) is 4. The number of allylic oxidation sites excluding steroid dienone is 1. The molecular weight excluding hydrogens is 352 g/mol. The Hall–Kier alpha value is -2.01. The summed E-state index contributed by atoms with van der Waals surface area (Å²) in [7, 11) is 0. The fraction of sp³-hybridized carbons (Fsp3) is 0.609. The van der Waals surface area contributed by atoms with Gasteiger partial charge in [-0.2, -0.15) is 0 Å². The average molecular weight is 385 g/mol. The molecule has 0 bridgehead atoms. The number of nitrogens with one attached hydrogen (secondary N) is 2. The van der Waals surface area contributed by atoms with Gasteiger partial charge in [0.2, 0.25) is 5.91 Å². The summed E-state index contributed by atoms with van der Waals surface area (Å²) in [5, 5.41) is 17.2. The van der Waals surface area contributed by atoms with Crippen LogP contribution in [0.5, 0.6) is 11.5 Å². The molecule has 3 aliphatic rings. The van der Waals surface area contributed by atoms with Crippen LogP contribution in [0.2, 0.25) is 0 Å². The van der Waals surface area contributed by atoms with E-state index in [1.807, 2.05) is 6.07 Å². The number of fused-ring (bicyclic) bond motifs is 3. The minimum Gasteiger partial charge on any atom is -0.508 e. The Morgan fingerprint density at radius 1 is 1.29 bits per heavy atom. The molecule has 1 aromatic carbocycles. The topological polar surface area (TPSA) is 70.6 Å². The monoisotopic (exact) mass is 384 g/mol. The summed E-state index contributed by atoms with van der Waals surface area (Å²) in [6.07, 6.45) is 3.49. The van der Waals surface area contributed by atoms with Gasteiger partial charge in [0, 0.05) is 36.1 Å². The van der Waals surface area contributed by atoms with Crippen LogP contribution >= 0.6 is 0 Å². The Bertz CT molecular complexity index is 831. The maximum absolute atomic E-state index is 12.7. The molecule has 28 heavy (non-hydrogen) atoms. The van der Waals surface area contributed by atoms with Gasteiger partial charge in [0.25, 0.3) is 0 Å². The third-order valence-corrected chi connectivity index (χ3v) is 6.58. The van der Waals surface area contributed by atoms with Gasteiger partial charge < -0.3 is 20.5 Å². The van der Waals surface area contributed by atoms with Crippen LogP contribution in [-0.2, 0) is 10.2 Å². The van der Waals surface area contributed by atoms with Crippen molar-refractivity contribution in [1.29, 1.82) is 0 Å². The number of phenols is 1. The molecule has 0 radical (unpaired) electrons. The van der Waals surface area contributed by atoms with Crippen LogP contribution in [0.1, 0.15) is 64.5 Å². The van der Waals surface area contributed by atoms with Crippen molar-refractivity contribution in [3.8, 4) is 11.5 Å². The molecular formula is C23H32N2O3. The Morgan fingerprint density at radius 2 is 2.00 bits per heavy atom. The van der Waals surface area contributed by atoms with Crippen LogP contribution < -0.4 is 15.4 Å². The zero-order valence-electron chi connectivity index (χ0n) is 17.6. The molecule has 2 heterocycles. The molecule has 0 saturated carbocycles. The van der Waals surface area contributed by atoms with Gasteiger partial charge in [-0.1, -0.05) is 26.8 Å². The van der Waals surface area contributed by atoms with Crippen molar-refractivity contribution in [2.24, 2.45) is 5.92 Å². The van der Waals surface area contributed by atoms with E-state index in [-0.39, 0.29) is 40.6 Å². The molecule has 1 amide bonds. The molecule has 1 fully saturated rings. The zero-order chi connectivity index (χ0) is 20.3. The standard InChI is InChI=1S/C23H32N2O3/c1-22(2,3)14-9-18(26)20-16-8-13(21(27)25-15-11-24-12-15)6-7-17(16)23(4,5)28-19(20)10-14/h6,9-10,15-17,24,26H,7-8,11-12H2,1-5H3,(H,25,27). The molecule has 4 rings (SSSR count). The summed E-state index contributed by atoms with van der Waals surface area (Å²) in [5.74, 6) is 1.40. The lowest BCUT2D eigenvalue weighted by molar-refractivity contribution is -0.119. The van der Waals surface area contributed by atoms with Gasteiger partial charge in [0.1, 0.15) is 17.1 Å². The first-order chi connectivity index (χ1) is 13.1. The summed E-state index contributed by atoms with van der Waals surface area (Å²) >= 11 is 0. The van der Waals surface area contributed by atoms with Crippen molar-refractivity contribution < 1.29 is 14.6 Å². The quantitative estimate of drug-likeness (QED) is 0.731. The van der Waals surface area contributed by atoms with E-state index < -0.39 is 0 Å². The maximum atomic E-state index is 12.7. The number of amides is 1. The molecule has 3 N–H and O–H groups in total. The maximum Gasteiger partial charge on any atom is 0.247 e. The van der Waals surface area contributed by atoms with Gasteiger partial charge in [-0.25, -0.2) is 0 Å². The number of hydrogen-bond donors (Lipinski definition) is 3. The SMILES string of the molecule is CC(C)(C)c1cc(O)c2c(c1)OC(C)(C)C1CC=C(C(=O)NC3CNC3)CC21. The highest BCUT2D eigenvalue weighted by molar-refractivity contribution is 5.94. The Kier molecular flexibility index (Phi) is 4.49. The molecule has 5 nitrogen and oxygen atoms in total. The minimum absolute atomic E-state index is 0.0293. The number of carbonyl (C=O) groups excluding carboxylic acids is 1. The number of ether oxygens (including phenoxy) is 1. The summed E-state index contributed by atoms with van der Waals surface area (Å²) in [6, 6.07) is 4.17. The Morgan fingerprint density at radius 3 is 2.61 bits per heavy atom. The van der Waals surface area contributed by atoms with Crippen molar-refractivity contribution in [2.45, 2.75) is 70.4 Å². The Labute approximate surface area is 167 Å². The molecule has 1 saturated heterocycles. The number of aromatic hydroxyl groups is 1. The lowest BCUT2D eigenvalue weighted by atomic mass is 9.66. The second kappa shape index (κ2) is 6.51. The van der Waals surface area contributed by atoms with Crippen molar-refractivity contribution in [2.75, 3.05) is 13.1 Å². The van der Waals surface area contributed by atoms with E-state index in [2.05, 4.69) is 57.4 Å². The Balaban J connectivity index is 1.68. The number of benzene rings is 1. The van der Waals surface area contributed by atoms with Crippen molar-refractivity contribution >= 4 is 5.91 Å². The summed E-state index contributed by atoms with van der Waals surface area (Å²) in [6.45, 7) is 12.3. The minimum atomic E-state index is -0.350. The molecule has 1 aliphatic carbocycles. The first kappa shape index (κ1) is 19.3. The number of phenolic OH excluding ortho intramolecular Hbond substituents is 1. The fourth-order valence-corrected chi connectivity index (χ4v) is 4.68. The van der Waals surface area contributed by atoms with Gasteiger partial charge in [0.05, 0.1) is 6.04 Å². The van der Waals surface area contributed by atoms with E-state index in [0.29, 0.717) is 6.42 Å². The fourth-order valence-electron chi connectivity index (χ4n) is 4.68. The third kappa shape index (κ3) is 3.30. The average Bonchev–Trinajstić information content (AvgIpc) is 2.55. The molecule has 2 atom stereocenters. The number of carbonyl (C=O) groups is 1. The van der Waals surface area contributed by atoms with Crippen LogP contribution in [-0.4, -0.2) is 35.7 Å². The molecule has 0 spiro atoms. The van der Waals surface area contributed by atoms with Gasteiger partial charge in [-0.3, -0.25) is 4.79 Å². The summed E-state index contributed by atoms with van der Waals surface area (Å²) in [4.78, 5) is 12.7. The lowest BCUT2D eigenvalue weighted by Gasteiger charge is -2.47. The van der Waals surface area contributed by atoms with Crippen LogP contribution in [0.3, 0.4) is 0 Å². The van der Waals surface area contributed by atoms with E-state index in [1.54, 1.807) is 0 Å². The van der Waals surface area contributed by atoms with Crippen molar-refractivity contribution in [3.05, 3.63) is 34.9 Å². The largest absolute Gasteiger partial charge is 0.508 e. The second-order valence-electron chi connectivity index (χ2n) is 10.1. The van der Waals surface area contributed by atoms with Gasteiger partial charge in [-0.05, 0) is 49.8 Å². The highest BCUT2D eigenvalue weighted by Gasteiger charge is 2.47. The van der Waals surface area contributed by atoms with E-state index in [1.165, 1.54) is 0 Å². The van der Waals surface area contributed by atoms with Crippen LogP contribution in [0.25, 0.3) is 0 Å². The number of rotatable bonds is 2. The molecule has 2 unspecified atom stereocenters. The van der Waals surface area contributed by atoms with E-state index in [0.717, 1.165) is 42.0 Å². The smallest absolute Gasteiger partial charge is 0.247 e. The van der Waals surface area contributed by atoms with Gasteiger partial charge in [-0.15, -0.1) is 0 Å². The lowest BCUT2D eigenvalue weighted by Crippen LogP contribution is -2.57. The van der Waals surface area contributed by atoms with Gasteiger partial charge >= 0.3 is 0 Å². The molecule has 152 valence electrons. The predicted octanol–water partition coefficient (Wildman–Crippen LogP) is 3.37. The summed E-state index contributed by atoms with van der Waals surface area (Å²) < 4.78 is 6.39. The second-order valence-corrected chi connectivity index (χ2v) is 10.1. The first-order valence-corrected chi connectivity index (χ1v) is 10.3. The van der Waals surface area contributed by atoms with Gasteiger partial charge in [0.15, 0.2) is 0 Å². The van der Waals surface area contributed by atoms with E-state index >= 15 is 0 Å². The van der Waals surface area contributed by atoms with E-state index in [4.69, 9.17) is 4.74 Å². The third-order valence-electron chi connectivity index (χ3n) is 6.58. The highest BCUT2D eigenvalue weighted by atomic mass is 16.5. The molecule has 0 aromatic heterocycles. The van der Waals surface area contributed by atoms with Crippen molar-refractivity contribution in [3.63, 3.8) is 0 Å². The first-order valence-electron chi connectivity index (χ1n) is 10.3. The highest BCUT2D eigenvalue weighted by Crippen LogP contribution is 2.54. The normalized spacial score (nSPS) is 26.2. The van der Waals surface area contributed by atoms with Crippen molar-refractivity contribution in [1.82, 2.24) is 10.6 Å². The predicted molar refractivity (Wildman–Crippen MR) is 110 cm³/mol. The molecule has 5 heteroatoms. The molecule has 2 aliphatic heterocycles. The van der Waals surface area contributed by atoms with Crippen LogP contribution in [0.15, 0.2) is 23.8 Å². The summed E-state index contributed by atoms with van der Waals surface area (Å²) in [5.41, 5.74) is 2.32.